The number of hydrazine groups is 1. The van der Waals surface area contributed by atoms with Crippen molar-refractivity contribution in [1.29, 1.82) is 0 Å². The molecule has 146 valence electrons. The Morgan fingerprint density at radius 3 is 2.46 bits per heavy atom. The van der Waals surface area contributed by atoms with E-state index in [9.17, 15) is 4.79 Å². The quantitative estimate of drug-likeness (QED) is 0.611. The number of aliphatic imine (C=N–C) groups is 1. The smallest absolute Gasteiger partial charge is 0.281 e. The van der Waals surface area contributed by atoms with E-state index in [1.54, 1.807) is 24.2 Å². The zero-order chi connectivity index (χ0) is 20.3. The fourth-order valence-electron chi connectivity index (χ4n) is 2.68. The molecular weight excluding hydrogens is 442 g/mol. The largest absolute Gasteiger partial charge is 0.493 e. The summed E-state index contributed by atoms with van der Waals surface area (Å²) < 4.78 is 11.5. The zero-order valence-corrected chi connectivity index (χ0v) is 18.4. The molecule has 1 fully saturated rings. The van der Waals surface area contributed by atoms with E-state index in [2.05, 4.69) is 20.9 Å². The van der Waals surface area contributed by atoms with Gasteiger partial charge in [0.25, 0.3) is 5.91 Å². The predicted octanol–water partition coefficient (Wildman–Crippen LogP) is 4.55. The van der Waals surface area contributed by atoms with Crippen LogP contribution in [0, 0.1) is 0 Å². The Morgan fingerprint density at radius 2 is 1.86 bits per heavy atom. The number of thioether (sulfide) groups is 1. The van der Waals surface area contributed by atoms with Gasteiger partial charge < -0.3 is 9.47 Å². The van der Waals surface area contributed by atoms with Crippen molar-refractivity contribution in [2.24, 2.45) is 4.99 Å². The van der Waals surface area contributed by atoms with E-state index in [4.69, 9.17) is 9.47 Å². The lowest BCUT2D eigenvalue weighted by Crippen LogP contribution is -2.40. The van der Waals surface area contributed by atoms with Gasteiger partial charge in [0.15, 0.2) is 16.7 Å². The monoisotopic (exact) mass is 461 g/mol. The van der Waals surface area contributed by atoms with E-state index in [0.29, 0.717) is 21.6 Å². The number of nitrogens with zero attached hydrogens (tertiary/aromatic N) is 3. The molecule has 0 saturated carbocycles. The first-order valence-electron chi connectivity index (χ1n) is 8.41. The number of hydrogen-bond donors (Lipinski definition) is 0. The second kappa shape index (κ2) is 8.81. The Balaban J connectivity index is 2.00. The Labute approximate surface area is 176 Å². The van der Waals surface area contributed by atoms with Crippen LogP contribution in [0.15, 0.2) is 56.8 Å². The molecule has 1 heterocycles. The van der Waals surface area contributed by atoms with Crippen LogP contribution in [0.4, 0.5) is 5.69 Å². The van der Waals surface area contributed by atoms with Crippen LogP contribution in [-0.2, 0) is 4.79 Å². The average molecular weight is 462 g/mol. The lowest BCUT2D eigenvalue weighted by Gasteiger charge is -2.22. The Kier molecular flexibility index (Phi) is 6.43. The fraction of sp³-hybridized carbons (Fsp3) is 0.200. The van der Waals surface area contributed by atoms with Crippen molar-refractivity contribution in [1.82, 2.24) is 10.0 Å². The highest BCUT2D eigenvalue weighted by Gasteiger charge is 2.35. The van der Waals surface area contributed by atoms with Gasteiger partial charge in [0.2, 0.25) is 0 Å². The number of benzene rings is 2. The van der Waals surface area contributed by atoms with Crippen molar-refractivity contribution in [2.75, 3.05) is 28.3 Å². The number of methoxy groups -OCH3 is 2. The van der Waals surface area contributed by atoms with Crippen molar-refractivity contribution < 1.29 is 14.3 Å². The van der Waals surface area contributed by atoms with E-state index in [0.717, 1.165) is 15.7 Å². The average Bonchev–Trinajstić information content (AvgIpc) is 2.97. The summed E-state index contributed by atoms with van der Waals surface area (Å²) in [7, 11) is 6.79. The minimum atomic E-state index is -0.129. The SMILES string of the molecule is COc1cc(C=C2SC(=Nc3ccccc3)N(N(C)C)C2=O)cc(Br)c1OC. The number of hydrogen-bond acceptors (Lipinski definition) is 6. The summed E-state index contributed by atoms with van der Waals surface area (Å²) in [5.41, 5.74) is 1.61. The molecule has 1 aliphatic rings. The second-order valence-electron chi connectivity index (χ2n) is 6.04. The second-order valence-corrected chi connectivity index (χ2v) is 7.91. The molecule has 2 aromatic carbocycles. The van der Waals surface area contributed by atoms with Crippen LogP contribution in [0.5, 0.6) is 11.5 Å². The molecule has 6 nitrogen and oxygen atoms in total. The van der Waals surface area contributed by atoms with Gasteiger partial charge in [0.05, 0.1) is 29.3 Å². The Morgan fingerprint density at radius 1 is 1.14 bits per heavy atom. The van der Waals surface area contributed by atoms with Crippen LogP contribution in [-0.4, -0.2) is 49.4 Å². The summed E-state index contributed by atoms with van der Waals surface area (Å²) in [4.78, 5) is 18.2. The molecule has 2 aromatic rings. The molecule has 0 aromatic heterocycles. The lowest BCUT2D eigenvalue weighted by atomic mass is 10.2. The first kappa shape index (κ1) is 20.4. The van der Waals surface area contributed by atoms with Crippen LogP contribution in [0.3, 0.4) is 0 Å². The molecule has 0 atom stereocenters. The zero-order valence-electron chi connectivity index (χ0n) is 16.0. The predicted molar refractivity (Wildman–Crippen MR) is 117 cm³/mol. The van der Waals surface area contributed by atoms with Crippen LogP contribution >= 0.6 is 27.7 Å². The van der Waals surface area contributed by atoms with Crippen LogP contribution in [0.1, 0.15) is 5.56 Å². The van der Waals surface area contributed by atoms with Gasteiger partial charge in [-0.05, 0) is 63.6 Å². The molecule has 1 amide bonds. The molecule has 0 radical (unpaired) electrons. The Bertz CT molecular complexity index is 945. The molecular formula is C20H20BrN3O3S. The van der Waals surface area contributed by atoms with Gasteiger partial charge in [0, 0.05) is 14.1 Å². The number of carbonyl (C=O) groups is 1. The normalized spacial score (nSPS) is 17.1. The van der Waals surface area contributed by atoms with E-state index in [1.807, 2.05) is 62.6 Å². The maximum atomic E-state index is 13.0. The van der Waals surface area contributed by atoms with Crippen LogP contribution in [0.25, 0.3) is 6.08 Å². The number of amidine groups is 1. The van der Waals surface area contributed by atoms with E-state index < -0.39 is 0 Å². The molecule has 1 aliphatic heterocycles. The fourth-order valence-corrected chi connectivity index (χ4v) is 4.35. The highest BCUT2D eigenvalue weighted by molar-refractivity contribution is 9.10. The molecule has 0 unspecified atom stereocenters. The molecule has 3 rings (SSSR count). The molecule has 8 heteroatoms. The number of ether oxygens (including phenoxy) is 2. The first-order chi connectivity index (χ1) is 13.4. The van der Waals surface area contributed by atoms with Crippen LogP contribution in [0.2, 0.25) is 0 Å². The minimum Gasteiger partial charge on any atom is -0.493 e. The highest BCUT2D eigenvalue weighted by Crippen LogP contribution is 2.39. The lowest BCUT2D eigenvalue weighted by molar-refractivity contribution is -0.130. The van der Waals surface area contributed by atoms with Gasteiger partial charge in [-0.3, -0.25) is 4.79 Å². The molecule has 0 bridgehead atoms. The van der Waals surface area contributed by atoms with E-state index in [-0.39, 0.29) is 5.91 Å². The molecule has 1 saturated heterocycles. The maximum absolute atomic E-state index is 13.0. The van der Waals surface area contributed by atoms with Crippen molar-refractivity contribution in [3.8, 4) is 11.5 Å². The summed E-state index contributed by atoms with van der Waals surface area (Å²) in [6, 6.07) is 13.3. The third kappa shape index (κ3) is 4.24. The van der Waals surface area contributed by atoms with Gasteiger partial charge in [-0.1, -0.05) is 18.2 Å². The molecule has 0 aliphatic carbocycles. The summed E-state index contributed by atoms with van der Waals surface area (Å²) in [6.45, 7) is 0. The third-order valence-corrected chi connectivity index (χ3v) is 5.47. The number of halogens is 1. The van der Waals surface area contributed by atoms with E-state index >= 15 is 0 Å². The summed E-state index contributed by atoms with van der Waals surface area (Å²) in [6.07, 6.45) is 1.82. The summed E-state index contributed by atoms with van der Waals surface area (Å²) >= 11 is 4.82. The van der Waals surface area contributed by atoms with Crippen molar-refractivity contribution in [3.05, 3.63) is 57.4 Å². The van der Waals surface area contributed by atoms with Crippen molar-refractivity contribution >= 4 is 50.5 Å². The van der Waals surface area contributed by atoms with Gasteiger partial charge in [-0.25, -0.2) is 15.0 Å². The number of amides is 1. The molecule has 28 heavy (non-hydrogen) atoms. The summed E-state index contributed by atoms with van der Waals surface area (Å²) in [5, 5.41) is 3.88. The van der Waals surface area contributed by atoms with Gasteiger partial charge in [-0.15, -0.1) is 0 Å². The first-order valence-corrected chi connectivity index (χ1v) is 10.0. The van der Waals surface area contributed by atoms with Crippen molar-refractivity contribution in [2.45, 2.75) is 0 Å². The summed E-state index contributed by atoms with van der Waals surface area (Å²) in [5.74, 6) is 1.06. The van der Waals surface area contributed by atoms with E-state index in [1.165, 1.54) is 11.8 Å². The number of para-hydroxylation sites is 1. The highest BCUT2D eigenvalue weighted by atomic mass is 79.9. The van der Waals surface area contributed by atoms with Gasteiger partial charge in [0.1, 0.15) is 0 Å². The standard InChI is InChI=1S/C20H20BrN3O3S/c1-23(2)24-19(25)17(28-20(24)22-14-8-6-5-7-9-14)12-13-10-15(21)18(27-4)16(11-13)26-3/h5-12H,1-4H3. The number of rotatable bonds is 5. The third-order valence-electron chi connectivity index (χ3n) is 3.92. The number of carbonyl (C=O) groups excluding carboxylic acids is 1. The van der Waals surface area contributed by atoms with Crippen molar-refractivity contribution in [3.63, 3.8) is 0 Å². The molecule has 0 N–H and O–H groups in total. The van der Waals surface area contributed by atoms with Gasteiger partial charge >= 0.3 is 0 Å². The molecule has 0 spiro atoms. The van der Waals surface area contributed by atoms with Gasteiger partial charge in [-0.2, -0.15) is 0 Å². The topological polar surface area (TPSA) is 54.4 Å². The van der Waals surface area contributed by atoms with Crippen LogP contribution < -0.4 is 9.47 Å². The minimum absolute atomic E-state index is 0.129. The maximum Gasteiger partial charge on any atom is 0.281 e. The Hall–Kier alpha value is -2.29.